The molecule has 0 bridgehead atoms. The predicted octanol–water partition coefficient (Wildman–Crippen LogP) is 2.87. The first-order chi connectivity index (χ1) is 9.17. The van der Waals surface area contributed by atoms with Crippen molar-refractivity contribution in [2.24, 2.45) is 0 Å². The summed E-state index contributed by atoms with van der Waals surface area (Å²) in [7, 11) is 0. The Bertz CT molecular complexity index is 688. The number of fused-ring (bicyclic) bond motifs is 1. The van der Waals surface area contributed by atoms with Gasteiger partial charge in [-0.15, -0.1) is 0 Å². The number of rotatable bonds is 2. The fourth-order valence-electron chi connectivity index (χ4n) is 2.00. The minimum absolute atomic E-state index is 0.140. The zero-order valence-electron chi connectivity index (χ0n) is 9.81. The monoisotopic (exact) mass is 367 g/mol. The third-order valence-electron chi connectivity index (χ3n) is 2.89. The summed E-state index contributed by atoms with van der Waals surface area (Å²) in [4.78, 5) is 12.0. The number of halogens is 1. The Labute approximate surface area is 123 Å². The minimum atomic E-state index is -0.149. The SMILES string of the molecule is O=C1Nc2ccc(I)cc2C1=Cc1ccc(CO)o1. The molecule has 19 heavy (non-hydrogen) atoms. The minimum Gasteiger partial charge on any atom is -0.459 e. The van der Waals surface area contributed by atoms with Crippen LogP contribution in [0.2, 0.25) is 0 Å². The van der Waals surface area contributed by atoms with Gasteiger partial charge >= 0.3 is 0 Å². The summed E-state index contributed by atoms with van der Waals surface area (Å²) in [5.74, 6) is 0.896. The molecule has 0 saturated heterocycles. The summed E-state index contributed by atoms with van der Waals surface area (Å²) in [6.07, 6.45) is 1.69. The molecule has 2 aromatic rings. The summed E-state index contributed by atoms with van der Waals surface area (Å²) < 4.78 is 6.44. The summed E-state index contributed by atoms with van der Waals surface area (Å²) in [5.41, 5.74) is 2.26. The van der Waals surface area contributed by atoms with E-state index in [1.54, 1.807) is 18.2 Å². The van der Waals surface area contributed by atoms with E-state index in [0.717, 1.165) is 14.8 Å². The Morgan fingerprint density at radius 1 is 1.32 bits per heavy atom. The van der Waals surface area contributed by atoms with E-state index in [0.29, 0.717) is 17.1 Å². The molecular formula is C14H10INO3. The number of hydrogen-bond donors (Lipinski definition) is 2. The van der Waals surface area contributed by atoms with Gasteiger partial charge in [0, 0.05) is 14.8 Å². The summed E-state index contributed by atoms with van der Waals surface area (Å²) in [6, 6.07) is 9.21. The molecule has 2 heterocycles. The van der Waals surface area contributed by atoms with Crippen LogP contribution in [0.3, 0.4) is 0 Å². The lowest BCUT2D eigenvalue weighted by Gasteiger charge is -1.98. The fourth-order valence-corrected chi connectivity index (χ4v) is 2.49. The summed E-state index contributed by atoms with van der Waals surface area (Å²) >= 11 is 2.21. The van der Waals surface area contributed by atoms with Crippen molar-refractivity contribution < 1.29 is 14.3 Å². The van der Waals surface area contributed by atoms with Crippen molar-refractivity contribution >= 4 is 45.8 Å². The van der Waals surface area contributed by atoms with Crippen molar-refractivity contribution in [3.8, 4) is 0 Å². The molecule has 5 heteroatoms. The van der Waals surface area contributed by atoms with Crippen LogP contribution in [-0.2, 0) is 11.4 Å². The van der Waals surface area contributed by atoms with Crippen LogP contribution in [0.25, 0.3) is 11.6 Å². The lowest BCUT2D eigenvalue weighted by molar-refractivity contribution is -0.110. The van der Waals surface area contributed by atoms with Gasteiger partial charge in [0.1, 0.15) is 18.1 Å². The van der Waals surface area contributed by atoms with E-state index in [1.807, 2.05) is 18.2 Å². The number of anilines is 1. The van der Waals surface area contributed by atoms with E-state index in [2.05, 4.69) is 27.9 Å². The molecule has 3 rings (SSSR count). The van der Waals surface area contributed by atoms with Gasteiger partial charge in [-0.2, -0.15) is 0 Å². The standard InChI is InChI=1S/C14H10INO3/c15-8-1-4-13-11(5-8)12(14(18)16-13)6-9-2-3-10(7-17)19-9/h1-6,17H,7H2,(H,16,18). The molecule has 0 unspecified atom stereocenters. The number of aliphatic hydroxyl groups excluding tert-OH is 1. The first kappa shape index (κ1) is 12.4. The second-order valence-corrected chi connectivity index (χ2v) is 5.41. The second kappa shape index (κ2) is 4.82. The average molecular weight is 367 g/mol. The van der Waals surface area contributed by atoms with Crippen LogP contribution in [0.5, 0.6) is 0 Å². The number of furan rings is 1. The highest BCUT2D eigenvalue weighted by Gasteiger charge is 2.24. The third-order valence-corrected chi connectivity index (χ3v) is 3.56. The van der Waals surface area contributed by atoms with Crippen LogP contribution < -0.4 is 5.32 Å². The molecule has 0 radical (unpaired) electrons. The molecule has 1 aliphatic heterocycles. The lowest BCUT2D eigenvalue weighted by atomic mass is 10.1. The van der Waals surface area contributed by atoms with Crippen molar-refractivity contribution in [3.05, 3.63) is 51.0 Å². The number of aliphatic hydroxyl groups is 1. The fraction of sp³-hybridized carbons (Fsp3) is 0.0714. The highest BCUT2D eigenvalue weighted by molar-refractivity contribution is 14.1. The van der Waals surface area contributed by atoms with Crippen molar-refractivity contribution in [2.75, 3.05) is 5.32 Å². The highest BCUT2D eigenvalue weighted by atomic mass is 127. The van der Waals surface area contributed by atoms with Crippen LogP contribution >= 0.6 is 22.6 Å². The maximum atomic E-state index is 12.0. The largest absolute Gasteiger partial charge is 0.459 e. The Hall–Kier alpha value is -1.60. The molecule has 0 fully saturated rings. The molecule has 0 spiro atoms. The number of hydrogen-bond acceptors (Lipinski definition) is 3. The first-order valence-corrected chi connectivity index (χ1v) is 6.78. The van der Waals surface area contributed by atoms with Gasteiger partial charge in [0.25, 0.3) is 5.91 Å². The van der Waals surface area contributed by atoms with Crippen molar-refractivity contribution in [1.29, 1.82) is 0 Å². The normalized spacial score (nSPS) is 15.7. The molecule has 1 aromatic heterocycles. The topological polar surface area (TPSA) is 62.5 Å². The van der Waals surface area contributed by atoms with Gasteiger partial charge in [-0.1, -0.05) is 0 Å². The van der Waals surface area contributed by atoms with Gasteiger partial charge in [0.05, 0.1) is 5.57 Å². The number of carbonyl (C=O) groups excluding carboxylic acids is 1. The van der Waals surface area contributed by atoms with Crippen LogP contribution in [-0.4, -0.2) is 11.0 Å². The molecule has 0 aliphatic carbocycles. The Balaban J connectivity index is 2.06. The molecule has 96 valence electrons. The van der Waals surface area contributed by atoms with Gasteiger partial charge in [-0.25, -0.2) is 0 Å². The lowest BCUT2D eigenvalue weighted by Crippen LogP contribution is -2.03. The van der Waals surface area contributed by atoms with Crippen LogP contribution in [0.15, 0.2) is 34.7 Å². The van der Waals surface area contributed by atoms with E-state index in [4.69, 9.17) is 9.52 Å². The quantitative estimate of drug-likeness (QED) is 0.634. The summed E-state index contributed by atoms with van der Waals surface area (Å²) in [5, 5.41) is 11.8. The number of carbonyl (C=O) groups is 1. The van der Waals surface area contributed by atoms with E-state index in [-0.39, 0.29) is 12.5 Å². The van der Waals surface area contributed by atoms with Gasteiger partial charge in [0.15, 0.2) is 0 Å². The highest BCUT2D eigenvalue weighted by Crippen LogP contribution is 2.34. The molecule has 4 nitrogen and oxygen atoms in total. The number of amides is 1. The van der Waals surface area contributed by atoms with Gasteiger partial charge < -0.3 is 14.8 Å². The smallest absolute Gasteiger partial charge is 0.256 e. The molecule has 1 aromatic carbocycles. The number of benzene rings is 1. The number of nitrogens with one attached hydrogen (secondary N) is 1. The van der Waals surface area contributed by atoms with Gasteiger partial charge in [0.2, 0.25) is 0 Å². The zero-order chi connectivity index (χ0) is 13.4. The predicted molar refractivity (Wildman–Crippen MR) is 80.3 cm³/mol. The van der Waals surface area contributed by atoms with Gasteiger partial charge in [-0.05, 0) is 59.0 Å². The summed E-state index contributed by atoms with van der Waals surface area (Å²) in [6.45, 7) is -0.149. The van der Waals surface area contributed by atoms with Gasteiger partial charge in [-0.3, -0.25) is 4.79 Å². The third kappa shape index (κ3) is 2.31. The van der Waals surface area contributed by atoms with Crippen molar-refractivity contribution in [1.82, 2.24) is 0 Å². The Morgan fingerprint density at radius 3 is 2.89 bits per heavy atom. The molecular weight excluding hydrogens is 357 g/mol. The van der Waals surface area contributed by atoms with E-state index >= 15 is 0 Å². The molecule has 2 N–H and O–H groups in total. The maximum absolute atomic E-state index is 12.0. The Kier molecular flexibility index (Phi) is 3.16. The average Bonchev–Trinajstić information content (AvgIpc) is 2.96. The zero-order valence-corrected chi connectivity index (χ0v) is 12.0. The van der Waals surface area contributed by atoms with Crippen LogP contribution in [0.4, 0.5) is 5.69 Å². The van der Waals surface area contributed by atoms with Crippen molar-refractivity contribution in [3.63, 3.8) is 0 Å². The van der Waals surface area contributed by atoms with Crippen LogP contribution in [0.1, 0.15) is 17.1 Å². The Morgan fingerprint density at radius 2 is 2.16 bits per heavy atom. The molecule has 1 aliphatic rings. The molecule has 1 amide bonds. The van der Waals surface area contributed by atoms with Crippen molar-refractivity contribution in [2.45, 2.75) is 6.61 Å². The first-order valence-electron chi connectivity index (χ1n) is 5.70. The van der Waals surface area contributed by atoms with Crippen LogP contribution in [0, 0.1) is 3.57 Å². The van der Waals surface area contributed by atoms with E-state index in [1.165, 1.54) is 0 Å². The molecule has 0 atom stereocenters. The molecule has 0 saturated carbocycles. The second-order valence-electron chi connectivity index (χ2n) is 4.16. The van der Waals surface area contributed by atoms with E-state index < -0.39 is 0 Å². The maximum Gasteiger partial charge on any atom is 0.256 e. The van der Waals surface area contributed by atoms with E-state index in [9.17, 15) is 4.79 Å².